The molecule has 1 amide bonds. The fraction of sp³-hybridized carbons (Fsp3) is 0.462. The van der Waals surface area contributed by atoms with E-state index < -0.39 is 0 Å². The van der Waals surface area contributed by atoms with E-state index in [-0.39, 0.29) is 12.5 Å². The summed E-state index contributed by atoms with van der Waals surface area (Å²) < 4.78 is 5.47. The van der Waals surface area contributed by atoms with Crippen LogP contribution < -0.4 is 15.8 Å². The van der Waals surface area contributed by atoms with Crippen LogP contribution in [0.15, 0.2) is 18.2 Å². The predicted molar refractivity (Wildman–Crippen MR) is 68.1 cm³/mol. The van der Waals surface area contributed by atoms with Crippen LogP contribution in [0.4, 0.5) is 0 Å². The van der Waals surface area contributed by atoms with Gasteiger partial charge in [0.15, 0.2) is 6.61 Å². The quantitative estimate of drug-likeness (QED) is 0.728. The van der Waals surface area contributed by atoms with E-state index in [1.807, 2.05) is 32.0 Å². The monoisotopic (exact) mass is 236 g/mol. The largest absolute Gasteiger partial charge is 0.483 e. The van der Waals surface area contributed by atoms with Gasteiger partial charge in [0.05, 0.1) is 0 Å². The van der Waals surface area contributed by atoms with Gasteiger partial charge in [0.1, 0.15) is 5.75 Å². The standard InChI is InChI=1S/C13H20N2O2/c1-10-4-5-11(2)12(8-10)17-9-13(16)15-7-3-6-14/h4-5,8H,3,6-7,9,14H2,1-2H3,(H,15,16). The molecular formula is C13H20N2O2. The van der Waals surface area contributed by atoms with E-state index in [4.69, 9.17) is 10.5 Å². The van der Waals surface area contributed by atoms with Crippen LogP contribution in [0.1, 0.15) is 17.5 Å². The van der Waals surface area contributed by atoms with Crippen molar-refractivity contribution in [2.24, 2.45) is 5.73 Å². The summed E-state index contributed by atoms with van der Waals surface area (Å²) in [4.78, 5) is 11.4. The van der Waals surface area contributed by atoms with Gasteiger partial charge in [0.2, 0.25) is 0 Å². The zero-order valence-electron chi connectivity index (χ0n) is 10.5. The van der Waals surface area contributed by atoms with Gasteiger partial charge < -0.3 is 15.8 Å². The number of aryl methyl sites for hydroxylation is 2. The molecule has 0 aromatic heterocycles. The Bertz CT molecular complexity index is 378. The maximum absolute atomic E-state index is 11.4. The van der Waals surface area contributed by atoms with Crippen LogP contribution in [0, 0.1) is 13.8 Å². The van der Waals surface area contributed by atoms with Crippen LogP contribution >= 0.6 is 0 Å². The fourth-order valence-corrected chi connectivity index (χ4v) is 1.39. The zero-order chi connectivity index (χ0) is 12.7. The average Bonchev–Trinajstić information content (AvgIpc) is 2.31. The third kappa shape index (κ3) is 4.87. The second-order valence-electron chi connectivity index (χ2n) is 4.05. The molecule has 4 nitrogen and oxygen atoms in total. The predicted octanol–water partition coefficient (Wildman–Crippen LogP) is 1.15. The first-order valence-corrected chi connectivity index (χ1v) is 5.80. The van der Waals surface area contributed by atoms with Crippen molar-refractivity contribution in [1.29, 1.82) is 0 Å². The van der Waals surface area contributed by atoms with E-state index in [0.717, 1.165) is 23.3 Å². The molecule has 0 fully saturated rings. The number of nitrogens with two attached hydrogens (primary N) is 1. The SMILES string of the molecule is Cc1ccc(C)c(OCC(=O)NCCCN)c1. The number of hydrogen-bond acceptors (Lipinski definition) is 3. The molecule has 0 radical (unpaired) electrons. The van der Waals surface area contributed by atoms with Gasteiger partial charge in [-0.2, -0.15) is 0 Å². The van der Waals surface area contributed by atoms with Crippen molar-refractivity contribution >= 4 is 5.91 Å². The molecule has 94 valence electrons. The zero-order valence-corrected chi connectivity index (χ0v) is 10.5. The Hall–Kier alpha value is -1.55. The Morgan fingerprint density at radius 2 is 2.18 bits per heavy atom. The minimum Gasteiger partial charge on any atom is -0.483 e. The molecule has 0 aliphatic heterocycles. The van der Waals surface area contributed by atoms with Crippen LogP contribution in [0.5, 0.6) is 5.75 Å². The third-order valence-electron chi connectivity index (χ3n) is 2.41. The summed E-state index contributed by atoms with van der Waals surface area (Å²) in [5.41, 5.74) is 7.49. The molecule has 1 aromatic carbocycles. The Labute approximate surface area is 102 Å². The summed E-state index contributed by atoms with van der Waals surface area (Å²) in [6, 6.07) is 5.93. The Morgan fingerprint density at radius 1 is 1.41 bits per heavy atom. The highest BCUT2D eigenvalue weighted by Gasteiger charge is 2.04. The molecule has 0 heterocycles. The van der Waals surface area contributed by atoms with Crippen LogP contribution in [0.2, 0.25) is 0 Å². The van der Waals surface area contributed by atoms with E-state index in [1.165, 1.54) is 0 Å². The number of nitrogens with one attached hydrogen (secondary N) is 1. The lowest BCUT2D eigenvalue weighted by Crippen LogP contribution is -2.30. The maximum atomic E-state index is 11.4. The van der Waals surface area contributed by atoms with Gasteiger partial charge in [-0.3, -0.25) is 4.79 Å². The summed E-state index contributed by atoms with van der Waals surface area (Å²) in [6.45, 7) is 5.19. The van der Waals surface area contributed by atoms with Gasteiger partial charge >= 0.3 is 0 Å². The molecule has 0 atom stereocenters. The minimum atomic E-state index is -0.112. The first kappa shape index (κ1) is 13.5. The molecule has 0 bridgehead atoms. The van der Waals surface area contributed by atoms with Crippen LogP contribution in [0.3, 0.4) is 0 Å². The van der Waals surface area contributed by atoms with Gasteiger partial charge in [0, 0.05) is 6.54 Å². The maximum Gasteiger partial charge on any atom is 0.257 e. The first-order valence-electron chi connectivity index (χ1n) is 5.80. The highest BCUT2D eigenvalue weighted by Crippen LogP contribution is 2.18. The summed E-state index contributed by atoms with van der Waals surface area (Å²) in [5, 5.41) is 2.74. The second kappa shape index (κ2) is 6.91. The lowest BCUT2D eigenvalue weighted by molar-refractivity contribution is -0.123. The average molecular weight is 236 g/mol. The van der Waals surface area contributed by atoms with Crippen molar-refractivity contribution in [3.63, 3.8) is 0 Å². The Balaban J connectivity index is 2.39. The molecule has 1 rings (SSSR count). The van der Waals surface area contributed by atoms with Crippen molar-refractivity contribution in [3.8, 4) is 5.75 Å². The van der Waals surface area contributed by atoms with Gasteiger partial charge in [0.25, 0.3) is 5.91 Å². The number of rotatable bonds is 6. The smallest absolute Gasteiger partial charge is 0.257 e. The lowest BCUT2D eigenvalue weighted by atomic mass is 10.1. The molecule has 0 aliphatic carbocycles. The van der Waals surface area contributed by atoms with Crippen LogP contribution in [0.25, 0.3) is 0 Å². The summed E-state index contributed by atoms with van der Waals surface area (Å²) in [6.07, 6.45) is 0.787. The van der Waals surface area contributed by atoms with Gasteiger partial charge in [-0.15, -0.1) is 0 Å². The summed E-state index contributed by atoms with van der Waals surface area (Å²) in [5.74, 6) is 0.651. The van der Waals surface area contributed by atoms with Crippen molar-refractivity contribution in [3.05, 3.63) is 29.3 Å². The first-order chi connectivity index (χ1) is 8.13. The summed E-state index contributed by atoms with van der Waals surface area (Å²) in [7, 11) is 0. The third-order valence-corrected chi connectivity index (χ3v) is 2.41. The van der Waals surface area contributed by atoms with Crippen molar-refractivity contribution < 1.29 is 9.53 Å². The molecule has 0 spiro atoms. The molecule has 17 heavy (non-hydrogen) atoms. The molecule has 0 saturated carbocycles. The molecule has 4 heteroatoms. The van der Waals surface area contributed by atoms with E-state index in [0.29, 0.717) is 13.1 Å². The number of amides is 1. The normalized spacial score (nSPS) is 10.1. The molecule has 0 saturated heterocycles. The van der Waals surface area contributed by atoms with Gasteiger partial charge in [-0.1, -0.05) is 12.1 Å². The minimum absolute atomic E-state index is 0.0505. The number of hydrogen-bond donors (Lipinski definition) is 2. The Kier molecular flexibility index (Phi) is 5.49. The number of ether oxygens (including phenoxy) is 1. The van der Waals surface area contributed by atoms with Gasteiger partial charge in [-0.05, 0) is 44.0 Å². The fourth-order valence-electron chi connectivity index (χ4n) is 1.39. The molecule has 0 aliphatic rings. The number of carbonyl (C=O) groups excluding carboxylic acids is 1. The van der Waals surface area contributed by atoms with Crippen LogP contribution in [-0.4, -0.2) is 25.6 Å². The number of benzene rings is 1. The lowest BCUT2D eigenvalue weighted by Gasteiger charge is -2.10. The van der Waals surface area contributed by atoms with E-state index >= 15 is 0 Å². The van der Waals surface area contributed by atoms with Crippen molar-refractivity contribution in [2.45, 2.75) is 20.3 Å². The van der Waals surface area contributed by atoms with E-state index in [1.54, 1.807) is 0 Å². The molecular weight excluding hydrogens is 216 g/mol. The number of carbonyl (C=O) groups is 1. The molecule has 0 unspecified atom stereocenters. The summed E-state index contributed by atoms with van der Waals surface area (Å²) >= 11 is 0. The van der Waals surface area contributed by atoms with Crippen LogP contribution in [-0.2, 0) is 4.79 Å². The van der Waals surface area contributed by atoms with Crippen molar-refractivity contribution in [1.82, 2.24) is 5.32 Å². The van der Waals surface area contributed by atoms with Gasteiger partial charge in [-0.25, -0.2) is 0 Å². The second-order valence-corrected chi connectivity index (χ2v) is 4.05. The topological polar surface area (TPSA) is 64.3 Å². The van der Waals surface area contributed by atoms with E-state index in [9.17, 15) is 4.79 Å². The van der Waals surface area contributed by atoms with Crippen molar-refractivity contribution in [2.75, 3.05) is 19.7 Å². The van der Waals surface area contributed by atoms with E-state index in [2.05, 4.69) is 5.32 Å². The highest BCUT2D eigenvalue weighted by atomic mass is 16.5. The highest BCUT2D eigenvalue weighted by molar-refractivity contribution is 5.77. The molecule has 3 N–H and O–H groups in total. The molecule has 1 aromatic rings. The Morgan fingerprint density at radius 3 is 2.88 bits per heavy atom.